The summed E-state index contributed by atoms with van der Waals surface area (Å²) >= 11 is 0. The topological polar surface area (TPSA) is 40.5 Å². The minimum atomic E-state index is -0.853. The number of likely N-dealkylation sites (tertiary alicyclic amines) is 1. The molecular weight excluding hydrogens is 250 g/mol. The number of rotatable bonds is 4. The van der Waals surface area contributed by atoms with Gasteiger partial charge in [0, 0.05) is 19.1 Å². The molecule has 2 aliphatic rings. The maximum atomic E-state index is 10.9. The zero-order chi connectivity index (χ0) is 14.3. The van der Waals surface area contributed by atoms with Crippen molar-refractivity contribution in [2.45, 2.75) is 45.7 Å². The Labute approximate surface area is 120 Å². The lowest BCUT2D eigenvalue weighted by molar-refractivity contribution is -0.149. The molecule has 0 aromatic heterocycles. The van der Waals surface area contributed by atoms with Crippen LogP contribution in [0.15, 0.2) is 24.3 Å². The Balaban J connectivity index is 1.67. The van der Waals surface area contributed by atoms with E-state index in [2.05, 4.69) is 18.7 Å². The number of carboxylic acid groups (broad SMARTS) is 1. The van der Waals surface area contributed by atoms with Crippen LogP contribution in [0.1, 0.15) is 49.0 Å². The number of nitrogens with zero attached hydrogens (tertiary/aromatic N) is 1. The quantitative estimate of drug-likeness (QED) is 0.914. The highest BCUT2D eigenvalue weighted by Crippen LogP contribution is 2.55. The van der Waals surface area contributed by atoms with Crippen LogP contribution in [-0.2, 0) is 6.54 Å². The van der Waals surface area contributed by atoms with E-state index < -0.39 is 5.97 Å². The molecule has 3 rings (SSSR count). The van der Waals surface area contributed by atoms with E-state index in [9.17, 15) is 4.79 Å². The Kier molecular flexibility index (Phi) is 3.33. The second kappa shape index (κ2) is 4.88. The standard InChI is InChI=1S/C17H23NO2/c1-12(2)15-17(8-3-9-17)11-18(15)10-13-4-6-14(7-5-13)16(19)20/h4-7,12,15H,3,8-11H2,1-2H3,(H,19,20). The molecule has 1 aliphatic heterocycles. The van der Waals surface area contributed by atoms with E-state index in [1.807, 2.05) is 12.1 Å². The SMILES string of the molecule is CC(C)C1N(Cc2ccc(C(=O)O)cc2)CC12CCC2. The number of carboxylic acids is 1. The summed E-state index contributed by atoms with van der Waals surface area (Å²) in [6.45, 7) is 6.82. The van der Waals surface area contributed by atoms with Crippen molar-refractivity contribution >= 4 is 5.97 Å². The van der Waals surface area contributed by atoms with Crippen LogP contribution in [0, 0.1) is 11.3 Å². The first-order valence-electron chi connectivity index (χ1n) is 7.58. The summed E-state index contributed by atoms with van der Waals surface area (Å²) in [5.41, 5.74) is 2.19. The molecule has 1 aromatic rings. The largest absolute Gasteiger partial charge is 0.478 e. The van der Waals surface area contributed by atoms with Gasteiger partial charge in [0.25, 0.3) is 0 Å². The van der Waals surface area contributed by atoms with Gasteiger partial charge in [-0.15, -0.1) is 0 Å². The van der Waals surface area contributed by atoms with E-state index in [0.29, 0.717) is 22.9 Å². The zero-order valence-corrected chi connectivity index (χ0v) is 12.3. The lowest BCUT2D eigenvalue weighted by Gasteiger charge is -2.64. The molecule has 0 amide bonds. The number of aromatic carboxylic acids is 1. The van der Waals surface area contributed by atoms with Gasteiger partial charge in [-0.25, -0.2) is 4.79 Å². The van der Waals surface area contributed by atoms with E-state index in [1.165, 1.54) is 31.4 Å². The maximum absolute atomic E-state index is 10.9. The highest BCUT2D eigenvalue weighted by atomic mass is 16.4. The molecule has 1 saturated carbocycles. The van der Waals surface area contributed by atoms with Gasteiger partial charge in [-0.3, -0.25) is 4.90 Å². The minimum absolute atomic E-state index is 0.369. The zero-order valence-electron chi connectivity index (χ0n) is 12.3. The van der Waals surface area contributed by atoms with Gasteiger partial charge in [0.2, 0.25) is 0 Å². The third kappa shape index (κ3) is 2.14. The first kappa shape index (κ1) is 13.6. The van der Waals surface area contributed by atoms with Crippen LogP contribution in [0.3, 0.4) is 0 Å². The monoisotopic (exact) mass is 273 g/mol. The van der Waals surface area contributed by atoms with Gasteiger partial charge >= 0.3 is 5.97 Å². The van der Waals surface area contributed by atoms with Crippen molar-refractivity contribution in [1.82, 2.24) is 4.90 Å². The molecular formula is C17H23NO2. The predicted octanol–water partition coefficient (Wildman–Crippen LogP) is 3.40. The maximum Gasteiger partial charge on any atom is 0.335 e. The lowest BCUT2D eigenvalue weighted by Crippen LogP contribution is -2.68. The van der Waals surface area contributed by atoms with Gasteiger partial charge < -0.3 is 5.11 Å². The average Bonchev–Trinajstić information content (AvgIpc) is 2.31. The van der Waals surface area contributed by atoms with Gasteiger partial charge in [-0.05, 0) is 41.9 Å². The highest BCUT2D eigenvalue weighted by molar-refractivity contribution is 5.87. The molecule has 1 N–H and O–H groups in total. The van der Waals surface area contributed by atoms with Crippen molar-refractivity contribution in [1.29, 1.82) is 0 Å². The van der Waals surface area contributed by atoms with Crippen molar-refractivity contribution in [3.63, 3.8) is 0 Å². The van der Waals surface area contributed by atoms with Gasteiger partial charge in [0.1, 0.15) is 0 Å². The van der Waals surface area contributed by atoms with E-state index in [1.54, 1.807) is 12.1 Å². The lowest BCUT2D eigenvalue weighted by atomic mass is 9.55. The molecule has 0 radical (unpaired) electrons. The molecule has 1 spiro atoms. The van der Waals surface area contributed by atoms with Crippen molar-refractivity contribution in [3.8, 4) is 0 Å². The average molecular weight is 273 g/mol. The summed E-state index contributed by atoms with van der Waals surface area (Å²) in [7, 11) is 0. The minimum Gasteiger partial charge on any atom is -0.478 e. The van der Waals surface area contributed by atoms with Crippen LogP contribution in [0.25, 0.3) is 0 Å². The summed E-state index contributed by atoms with van der Waals surface area (Å²) in [5, 5.41) is 8.93. The number of carbonyl (C=O) groups is 1. The molecule has 1 heterocycles. The van der Waals surface area contributed by atoms with Gasteiger partial charge in [-0.1, -0.05) is 32.4 Å². The molecule has 1 unspecified atom stereocenters. The van der Waals surface area contributed by atoms with Crippen LogP contribution < -0.4 is 0 Å². The summed E-state index contributed by atoms with van der Waals surface area (Å²) in [4.78, 5) is 13.4. The van der Waals surface area contributed by atoms with Gasteiger partial charge in [0.05, 0.1) is 5.56 Å². The first-order valence-corrected chi connectivity index (χ1v) is 7.58. The van der Waals surface area contributed by atoms with Gasteiger partial charge in [-0.2, -0.15) is 0 Å². The first-order chi connectivity index (χ1) is 9.52. The van der Waals surface area contributed by atoms with Crippen LogP contribution >= 0.6 is 0 Å². The molecule has 1 saturated heterocycles. The summed E-state index contributed by atoms with van der Waals surface area (Å²) < 4.78 is 0. The Morgan fingerprint density at radius 1 is 1.35 bits per heavy atom. The fraction of sp³-hybridized carbons (Fsp3) is 0.588. The fourth-order valence-electron chi connectivity index (χ4n) is 4.23. The normalized spacial score (nSPS) is 24.4. The molecule has 20 heavy (non-hydrogen) atoms. The van der Waals surface area contributed by atoms with Crippen molar-refractivity contribution in [3.05, 3.63) is 35.4 Å². The molecule has 1 aromatic carbocycles. The number of benzene rings is 1. The van der Waals surface area contributed by atoms with Crippen molar-refractivity contribution < 1.29 is 9.90 Å². The molecule has 1 aliphatic carbocycles. The van der Waals surface area contributed by atoms with Crippen LogP contribution in [0.4, 0.5) is 0 Å². The van der Waals surface area contributed by atoms with E-state index in [4.69, 9.17) is 5.11 Å². The number of hydrogen-bond donors (Lipinski definition) is 1. The summed E-state index contributed by atoms with van der Waals surface area (Å²) in [6.07, 6.45) is 4.18. The molecule has 0 bridgehead atoms. The Bertz CT molecular complexity index is 502. The van der Waals surface area contributed by atoms with Gasteiger partial charge in [0.15, 0.2) is 0 Å². The third-order valence-electron chi connectivity index (χ3n) is 5.11. The second-order valence-electron chi connectivity index (χ2n) is 6.81. The summed E-state index contributed by atoms with van der Waals surface area (Å²) in [5.74, 6) is -0.156. The molecule has 3 nitrogen and oxygen atoms in total. The predicted molar refractivity (Wildman–Crippen MR) is 78.7 cm³/mol. The molecule has 1 atom stereocenters. The van der Waals surface area contributed by atoms with Crippen molar-refractivity contribution in [2.75, 3.05) is 6.54 Å². The molecule has 2 fully saturated rings. The Morgan fingerprint density at radius 2 is 2.00 bits per heavy atom. The molecule has 3 heteroatoms. The molecule has 108 valence electrons. The highest BCUT2D eigenvalue weighted by Gasteiger charge is 2.56. The Morgan fingerprint density at radius 3 is 2.45 bits per heavy atom. The van der Waals surface area contributed by atoms with Crippen LogP contribution in [0.5, 0.6) is 0 Å². The van der Waals surface area contributed by atoms with E-state index in [-0.39, 0.29) is 0 Å². The smallest absolute Gasteiger partial charge is 0.335 e. The van der Waals surface area contributed by atoms with Crippen LogP contribution in [-0.4, -0.2) is 28.6 Å². The van der Waals surface area contributed by atoms with E-state index in [0.717, 1.165) is 6.54 Å². The van der Waals surface area contributed by atoms with Crippen molar-refractivity contribution in [2.24, 2.45) is 11.3 Å². The third-order valence-corrected chi connectivity index (χ3v) is 5.11. The fourth-order valence-corrected chi connectivity index (χ4v) is 4.23. The Hall–Kier alpha value is -1.35. The second-order valence-corrected chi connectivity index (χ2v) is 6.81. The number of hydrogen-bond acceptors (Lipinski definition) is 2. The van der Waals surface area contributed by atoms with E-state index >= 15 is 0 Å². The van der Waals surface area contributed by atoms with Crippen LogP contribution in [0.2, 0.25) is 0 Å². The summed E-state index contributed by atoms with van der Waals surface area (Å²) in [6, 6.07) is 8.02.